The monoisotopic (exact) mass is 532 g/mol. The Hall–Kier alpha value is -4.18. The van der Waals surface area contributed by atoms with Crippen molar-refractivity contribution in [2.24, 2.45) is 5.73 Å². The molecule has 4 aromatic rings. The van der Waals surface area contributed by atoms with Crippen LogP contribution in [-0.4, -0.2) is 45.6 Å². The number of anilines is 1. The summed E-state index contributed by atoms with van der Waals surface area (Å²) in [5.41, 5.74) is 7.40. The van der Waals surface area contributed by atoms with Crippen LogP contribution in [0.25, 0.3) is 28.0 Å². The Kier molecular flexibility index (Phi) is 7.14. The van der Waals surface area contributed by atoms with E-state index in [-0.39, 0.29) is 23.6 Å². The van der Waals surface area contributed by atoms with Crippen molar-refractivity contribution in [2.45, 2.75) is 45.7 Å². The van der Waals surface area contributed by atoms with Gasteiger partial charge < -0.3 is 16.0 Å². The van der Waals surface area contributed by atoms with Crippen molar-refractivity contribution in [3.05, 3.63) is 81.6 Å². The SMILES string of the molecule is Cc1ccc(C(=O)NC(C)C)cc1-c1nc(N2CCC(N)CC2)nc2c1ccc(=O)n2-c1c(F)cccc1F. The number of amides is 1. The van der Waals surface area contributed by atoms with Crippen LogP contribution in [0.15, 0.2) is 53.3 Å². The number of hydrogen-bond acceptors (Lipinski definition) is 6. The third-order valence-corrected chi connectivity index (χ3v) is 6.90. The molecular weight excluding hydrogens is 502 g/mol. The van der Waals surface area contributed by atoms with Crippen molar-refractivity contribution in [3.8, 4) is 16.9 Å². The number of nitrogens with two attached hydrogens (primary N) is 1. The number of piperidine rings is 1. The van der Waals surface area contributed by atoms with Gasteiger partial charge in [0.25, 0.3) is 11.5 Å². The molecule has 10 heteroatoms. The summed E-state index contributed by atoms with van der Waals surface area (Å²) >= 11 is 0. The first-order valence-electron chi connectivity index (χ1n) is 12.9. The second-order valence-corrected chi connectivity index (χ2v) is 10.2. The number of carbonyl (C=O) groups is 1. The number of pyridine rings is 1. The zero-order valence-corrected chi connectivity index (χ0v) is 22.0. The zero-order valence-electron chi connectivity index (χ0n) is 22.0. The number of nitrogens with zero attached hydrogens (tertiary/aromatic N) is 4. The third-order valence-electron chi connectivity index (χ3n) is 6.90. The van der Waals surface area contributed by atoms with Gasteiger partial charge >= 0.3 is 0 Å². The lowest BCUT2D eigenvalue weighted by Crippen LogP contribution is -2.40. The summed E-state index contributed by atoms with van der Waals surface area (Å²) < 4.78 is 30.9. The standard InChI is InChI=1S/C29H30F2N6O2/c1-16(2)33-28(39)18-8-7-17(3)21(15-18)25-20-9-10-24(38)37(26-22(30)5-4-6-23(26)31)27(20)35-29(34-25)36-13-11-19(32)12-14-36/h4-10,15-16,19H,11-14,32H2,1-3H3,(H,33,39). The van der Waals surface area contributed by atoms with Crippen LogP contribution >= 0.6 is 0 Å². The fraction of sp³-hybridized carbons (Fsp3) is 0.310. The highest BCUT2D eigenvalue weighted by Crippen LogP contribution is 2.33. The molecule has 1 amide bonds. The number of hydrogen-bond donors (Lipinski definition) is 2. The summed E-state index contributed by atoms with van der Waals surface area (Å²) in [5, 5.41) is 3.31. The van der Waals surface area contributed by atoms with Gasteiger partial charge in [0.05, 0.1) is 5.69 Å². The minimum atomic E-state index is -0.890. The van der Waals surface area contributed by atoms with E-state index in [1.807, 2.05) is 31.7 Å². The molecule has 0 aliphatic carbocycles. The smallest absolute Gasteiger partial charge is 0.256 e. The highest BCUT2D eigenvalue weighted by atomic mass is 19.1. The summed E-state index contributed by atoms with van der Waals surface area (Å²) in [5.74, 6) is -1.70. The van der Waals surface area contributed by atoms with Gasteiger partial charge in [-0.05, 0) is 69.5 Å². The van der Waals surface area contributed by atoms with Gasteiger partial charge in [-0.15, -0.1) is 0 Å². The number of rotatable bonds is 5. The van der Waals surface area contributed by atoms with Crippen molar-refractivity contribution in [1.82, 2.24) is 19.9 Å². The van der Waals surface area contributed by atoms with E-state index in [2.05, 4.69) is 10.3 Å². The molecule has 0 atom stereocenters. The number of fused-ring (bicyclic) bond motifs is 1. The number of carbonyl (C=O) groups excluding carboxylic acids is 1. The van der Waals surface area contributed by atoms with Crippen LogP contribution in [0.2, 0.25) is 0 Å². The predicted octanol–water partition coefficient (Wildman–Crippen LogP) is 4.10. The number of para-hydroxylation sites is 1. The first kappa shape index (κ1) is 26.4. The molecule has 2 aromatic carbocycles. The third kappa shape index (κ3) is 5.12. The Labute approximate surface area is 224 Å². The summed E-state index contributed by atoms with van der Waals surface area (Å²) in [6.45, 7) is 6.82. The van der Waals surface area contributed by atoms with Gasteiger partial charge in [0.2, 0.25) is 5.95 Å². The van der Waals surface area contributed by atoms with E-state index in [0.29, 0.717) is 41.2 Å². The average molecular weight is 533 g/mol. The Morgan fingerprint density at radius 1 is 1.05 bits per heavy atom. The Balaban J connectivity index is 1.81. The molecule has 1 aliphatic rings. The van der Waals surface area contributed by atoms with E-state index in [1.165, 1.54) is 12.1 Å². The zero-order chi connectivity index (χ0) is 27.8. The molecule has 1 aliphatic heterocycles. The first-order valence-corrected chi connectivity index (χ1v) is 12.9. The topological polar surface area (TPSA) is 106 Å². The van der Waals surface area contributed by atoms with Crippen LogP contribution in [-0.2, 0) is 0 Å². The molecule has 2 aromatic heterocycles. The second-order valence-electron chi connectivity index (χ2n) is 10.2. The molecule has 1 saturated heterocycles. The van der Waals surface area contributed by atoms with Crippen molar-refractivity contribution < 1.29 is 13.6 Å². The highest BCUT2D eigenvalue weighted by molar-refractivity contribution is 5.98. The largest absolute Gasteiger partial charge is 0.350 e. The van der Waals surface area contributed by atoms with Gasteiger partial charge in [-0.1, -0.05) is 12.1 Å². The number of benzene rings is 2. The number of nitrogens with one attached hydrogen (secondary N) is 1. The van der Waals surface area contributed by atoms with Gasteiger partial charge in [-0.2, -0.15) is 4.98 Å². The van der Waals surface area contributed by atoms with E-state index >= 15 is 0 Å². The first-order chi connectivity index (χ1) is 18.6. The number of halogens is 2. The fourth-order valence-electron chi connectivity index (χ4n) is 4.83. The maximum atomic E-state index is 15.0. The van der Waals surface area contributed by atoms with E-state index in [0.717, 1.165) is 35.1 Å². The summed E-state index contributed by atoms with van der Waals surface area (Å²) in [6, 6.07) is 11.5. The van der Waals surface area contributed by atoms with Crippen LogP contribution in [0.3, 0.4) is 0 Å². The van der Waals surface area contributed by atoms with Crippen LogP contribution < -0.4 is 21.5 Å². The van der Waals surface area contributed by atoms with Gasteiger partial charge in [0, 0.05) is 47.8 Å². The van der Waals surface area contributed by atoms with Crippen molar-refractivity contribution in [1.29, 1.82) is 0 Å². The predicted molar refractivity (Wildman–Crippen MR) is 147 cm³/mol. The maximum absolute atomic E-state index is 15.0. The molecule has 0 saturated carbocycles. The minimum absolute atomic E-state index is 0.0516. The van der Waals surface area contributed by atoms with E-state index in [1.54, 1.807) is 18.2 Å². The molecular formula is C29H30F2N6O2. The maximum Gasteiger partial charge on any atom is 0.256 e. The normalized spacial score (nSPS) is 14.3. The molecule has 1 fully saturated rings. The van der Waals surface area contributed by atoms with Gasteiger partial charge in [0.15, 0.2) is 5.65 Å². The van der Waals surface area contributed by atoms with Crippen molar-refractivity contribution in [2.75, 3.05) is 18.0 Å². The molecule has 0 unspecified atom stereocenters. The highest BCUT2D eigenvalue weighted by Gasteiger charge is 2.24. The van der Waals surface area contributed by atoms with E-state index in [9.17, 15) is 18.4 Å². The lowest BCUT2D eigenvalue weighted by molar-refractivity contribution is 0.0943. The lowest BCUT2D eigenvalue weighted by Gasteiger charge is -2.30. The van der Waals surface area contributed by atoms with E-state index < -0.39 is 22.9 Å². The molecule has 3 heterocycles. The second kappa shape index (κ2) is 10.5. The minimum Gasteiger partial charge on any atom is -0.350 e. The summed E-state index contributed by atoms with van der Waals surface area (Å²) in [4.78, 5) is 37.5. The van der Waals surface area contributed by atoms with Gasteiger partial charge in [-0.3, -0.25) is 14.2 Å². The average Bonchev–Trinajstić information content (AvgIpc) is 2.89. The van der Waals surface area contributed by atoms with Crippen molar-refractivity contribution in [3.63, 3.8) is 0 Å². The quantitative estimate of drug-likeness (QED) is 0.401. The molecule has 3 N–H and O–H groups in total. The summed E-state index contributed by atoms with van der Waals surface area (Å²) in [6.07, 6.45) is 1.45. The van der Waals surface area contributed by atoms with Crippen LogP contribution in [0.4, 0.5) is 14.7 Å². The number of aromatic nitrogens is 3. The van der Waals surface area contributed by atoms with Crippen LogP contribution in [0.1, 0.15) is 42.6 Å². The molecule has 0 bridgehead atoms. The molecule has 8 nitrogen and oxygen atoms in total. The molecule has 39 heavy (non-hydrogen) atoms. The van der Waals surface area contributed by atoms with Crippen molar-refractivity contribution >= 4 is 22.9 Å². The van der Waals surface area contributed by atoms with Crippen LogP contribution in [0, 0.1) is 18.6 Å². The molecule has 0 radical (unpaired) electrons. The fourth-order valence-corrected chi connectivity index (χ4v) is 4.83. The van der Waals surface area contributed by atoms with E-state index in [4.69, 9.17) is 10.7 Å². The Morgan fingerprint density at radius 3 is 2.41 bits per heavy atom. The molecule has 5 rings (SSSR count). The molecule has 0 spiro atoms. The lowest BCUT2D eigenvalue weighted by atomic mass is 9.99. The van der Waals surface area contributed by atoms with Crippen LogP contribution in [0.5, 0.6) is 0 Å². The van der Waals surface area contributed by atoms with Gasteiger partial charge in [-0.25, -0.2) is 13.8 Å². The number of aryl methyl sites for hydroxylation is 1. The molecule has 202 valence electrons. The summed E-state index contributed by atoms with van der Waals surface area (Å²) in [7, 11) is 0. The Morgan fingerprint density at radius 2 is 1.74 bits per heavy atom. The Bertz CT molecular complexity index is 1610. The van der Waals surface area contributed by atoms with Gasteiger partial charge in [0.1, 0.15) is 17.3 Å².